The molecule has 2 aliphatic rings. The molecule has 1 nitrogen and oxygen atoms in total. The summed E-state index contributed by atoms with van der Waals surface area (Å²) in [5.74, 6) is 0. The molecular weight excluding hydrogens is 298 g/mol. The van der Waals surface area contributed by atoms with Gasteiger partial charge in [-0.3, -0.25) is 4.90 Å². The molecular formula is C17H24BrN. The Morgan fingerprint density at radius 1 is 0.842 bits per heavy atom. The summed E-state index contributed by atoms with van der Waals surface area (Å²) in [5, 5.41) is 0. The van der Waals surface area contributed by atoms with Crippen LogP contribution < -0.4 is 0 Å². The first-order valence-electron chi connectivity index (χ1n) is 7.86. The number of nitrogens with zero attached hydrogens (tertiary/aromatic N) is 1. The predicted octanol–water partition coefficient (Wildman–Crippen LogP) is 5.31. The highest BCUT2D eigenvalue weighted by atomic mass is 79.9. The second-order valence-electron chi connectivity index (χ2n) is 6.09. The number of piperidine rings is 1. The Labute approximate surface area is 125 Å². The molecule has 1 saturated carbocycles. The van der Waals surface area contributed by atoms with E-state index in [1.807, 2.05) is 0 Å². The van der Waals surface area contributed by atoms with Crippen molar-refractivity contribution in [1.82, 2.24) is 4.90 Å². The van der Waals surface area contributed by atoms with Crippen LogP contribution in [0, 0.1) is 0 Å². The van der Waals surface area contributed by atoms with Gasteiger partial charge in [0, 0.05) is 16.6 Å². The van der Waals surface area contributed by atoms with E-state index in [4.69, 9.17) is 0 Å². The topological polar surface area (TPSA) is 3.24 Å². The van der Waals surface area contributed by atoms with Gasteiger partial charge in [-0.2, -0.15) is 0 Å². The van der Waals surface area contributed by atoms with Crippen LogP contribution in [-0.4, -0.2) is 17.5 Å². The van der Waals surface area contributed by atoms with Crippen LogP contribution in [0.1, 0.15) is 63.0 Å². The molecule has 1 aromatic rings. The van der Waals surface area contributed by atoms with Crippen LogP contribution in [0.5, 0.6) is 0 Å². The molecule has 3 rings (SSSR count). The Morgan fingerprint density at radius 3 is 2.26 bits per heavy atom. The van der Waals surface area contributed by atoms with Gasteiger partial charge >= 0.3 is 0 Å². The van der Waals surface area contributed by atoms with Crippen LogP contribution in [0.2, 0.25) is 0 Å². The Balaban J connectivity index is 1.78. The van der Waals surface area contributed by atoms with Crippen molar-refractivity contribution < 1.29 is 0 Å². The lowest BCUT2D eigenvalue weighted by Crippen LogP contribution is -2.42. The number of hydrogen-bond acceptors (Lipinski definition) is 1. The average Bonchev–Trinajstić information content (AvgIpc) is 2.49. The molecule has 104 valence electrons. The standard InChI is InChI=1S/C17H24BrN/c18-15-11-9-14(10-12-15)17-8-4-5-13-19(17)16-6-2-1-3-7-16/h9-12,16-17H,1-8,13H2. The molecule has 19 heavy (non-hydrogen) atoms. The van der Waals surface area contributed by atoms with E-state index in [9.17, 15) is 0 Å². The van der Waals surface area contributed by atoms with Crippen molar-refractivity contribution in [3.8, 4) is 0 Å². The predicted molar refractivity (Wildman–Crippen MR) is 84.3 cm³/mol. The van der Waals surface area contributed by atoms with E-state index in [1.54, 1.807) is 0 Å². The first-order chi connectivity index (χ1) is 9.34. The average molecular weight is 322 g/mol. The van der Waals surface area contributed by atoms with Gasteiger partial charge < -0.3 is 0 Å². The van der Waals surface area contributed by atoms with Crippen LogP contribution in [0.3, 0.4) is 0 Å². The van der Waals surface area contributed by atoms with E-state index < -0.39 is 0 Å². The number of rotatable bonds is 2. The third-order valence-electron chi connectivity index (χ3n) is 4.84. The van der Waals surface area contributed by atoms with Crippen LogP contribution in [-0.2, 0) is 0 Å². The second-order valence-corrected chi connectivity index (χ2v) is 7.01. The molecule has 2 heteroatoms. The van der Waals surface area contributed by atoms with Crippen LogP contribution >= 0.6 is 15.9 Å². The lowest BCUT2D eigenvalue weighted by molar-refractivity contribution is 0.0722. The Hall–Kier alpha value is -0.340. The molecule has 1 aliphatic heterocycles. The second kappa shape index (κ2) is 6.41. The smallest absolute Gasteiger partial charge is 0.0351 e. The fourth-order valence-corrected chi connectivity index (χ4v) is 4.11. The van der Waals surface area contributed by atoms with E-state index in [-0.39, 0.29) is 0 Å². The maximum atomic E-state index is 3.55. The van der Waals surface area contributed by atoms with Crippen LogP contribution in [0.15, 0.2) is 28.7 Å². The third-order valence-corrected chi connectivity index (χ3v) is 5.37. The van der Waals surface area contributed by atoms with Gasteiger partial charge in [0.2, 0.25) is 0 Å². The summed E-state index contributed by atoms with van der Waals surface area (Å²) < 4.78 is 1.19. The van der Waals surface area contributed by atoms with Crippen molar-refractivity contribution >= 4 is 15.9 Å². The van der Waals surface area contributed by atoms with Gasteiger partial charge in [-0.05, 0) is 49.9 Å². The number of hydrogen-bond donors (Lipinski definition) is 0. The van der Waals surface area contributed by atoms with Gasteiger partial charge in [0.15, 0.2) is 0 Å². The summed E-state index contributed by atoms with van der Waals surface area (Å²) in [5.41, 5.74) is 1.52. The zero-order valence-electron chi connectivity index (χ0n) is 11.7. The van der Waals surface area contributed by atoms with Crippen molar-refractivity contribution in [3.05, 3.63) is 34.3 Å². The molecule has 0 aromatic heterocycles. The van der Waals surface area contributed by atoms with E-state index in [0.29, 0.717) is 6.04 Å². The minimum Gasteiger partial charge on any atom is -0.293 e. The maximum Gasteiger partial charge on any atom is 0.0351 e. The first kappa shape index (κ1) is 13.6. The molecule has 0 bridgehead atoms. The molecule has 1 aliphatic carbocycles. The van der Waals surface area contributed by atoms with Crippen molar-refractivity contribution in [3.63, 3.8) is 0 Å². The molecule has 1 unspecified atom stereocenters. The normalized spacial score (nSPS) is 26.5. The summed E-state index contributed by atoms with van der Waals surface area (Å²) in [6, 6.07) is 10.5. The van der Waals surface area contributed by atoms with Gasteiger partial charge in [0.25, 0.3) is 0 Å². The van der Waals surface area contributed by atoms with Crippen LogP contribution in [0.25, 0.3) is 0 Å². The number of likely N-dealkylation sites (tertiary alicyclic amines) is 1. The van der Waals surface area contributed by atoms with Crippen LogP contribution in [0.4, 0.5) is 0 Å². The van der Waals surface area contributed by atoms with Crippen molar-refractivity contribution in [1.29, 1.82) is 0 Å². The molecule has 2 fully saturated rings. The largest absolute Gasteiger partial charge is 0.293 e. The summed E-state index contributed by atoms with van der Waals surface area (Å²) in [7, 11) is 0. The fourth-order valence-electron chi connectivity index (χ4n) is 3.85. The zero-order valence-corrected chi connectivity index (χ0v) is 13.2. The van der Waals surface area contributed by atoms with Gasteiger partial charge in [0.1, 0.15) is 0 Å². The summed E-state index contributed by atoms with van der Waals surface area (Å²) in [6.45, 7) is 1.31. The highest BCUT2D eigenvalue weighted by Crippen LogP contribution is 2.36. The molecule has 0 amide bonds. The Kier molecular flexibility index (Phi) is 4.60. The third kappa shape index (κ3) is 3.22. The SMILES string of the molecule is Brc1ccc(C2CCCCN2C2CCCCC2)cc1. The van der Waals surface area contributed by atoms with E-state index in [1.165, 1.54) is 67.9 Å². The highest BCUT2D eigenvalue weighted by Gasteiger charge is 2.30. The van der Waals surface area contributed by atoms with Gasteiger partial charge in [-0.25, -0.2) is 0 Å². The van der Waals surface area contributed by atoms with Gasteiger partial charge in [-0.15, -0.1) is 0 Å². The molecule has 1 heterocycles. The van der Waals surface area contributed by atoms with Crippen molar-refractivity contribution in [2.45, 2.75) is 63.5 Å². The van der Waals surface area contributed by atoms with E-state index in [0.717, 1.165) is 6.04 Å². The lowest BCUT2D eigenvalue weighted by Gasteiger charge is -2.43. The quantitative estimate of drug-likeness (QED) is 0.713. The monoisotopic (exact) mass is 321 g/mol. The molecule has 0 N–H and O–H groups in total. The zero-order chi connectivity index (χ0) is 13.1. The molecule has 1 saturated heterocycles. The summed E-state index contributed by atoms with van der Waals surface area (Å²) in [6.07, 6.45) is 11.3. The minimum atomic E-state index is 0.671. The molecule has 1 aromatic carbocycles. The minimum absolute atomic E-state index is 0.671. The summed E-state index contributed by atoms with van der Waals surface area (Å²) in [4.78, 5) is 2.83. The van der Waals surface area contributed by atoms with E-state index in [2.05, 4.69) is 45.1 Å². The Morgan fingerprint density at radius 2 is 1.53 bits per heavy atom. The fraction of sp³-hybridized carbons (Fsp3) is 0.647. The summed E-state index contributed by atoms with van der Waals surface area (Å²) >= 11 is 3.55. The molecule has 1 atom stereocenters. The van der Waals surface area contributed by atoms with Gasteiger partial charge in [0.05, 0.1) is 0 Å². The van der Waals surface area contributed by atoms with E-state index >= 15 is 0 Å². The molecule has 0 spiro atoms. The van der Waals surface area contributed by atoms with Crippen molar-refractivity contribution in [2.24, 2.45) is 0 Å². The number of benzene rings is 1. The lowest BCUT2D eigenvalue weighted by atomic mass is 9.88. The highest BCUT2D eigenvalue weighted by molar-refractivity contribution is 9.10. The van der Waals surface area contributed by atoms with Gasteiger partial charge in [-0.1, -0.05) is 53.7 Å². The number of halogens is 1. The Bertz CT molecular complexity index is 394. The maximum absolute atomic E-state index is 3.55. The molecule has 0 radical (unpaired) electrons. The first-order valence-corrected chi connectivity index (χ1v) is 8.65. The van der Waals surface area contributed by atoms with Crippen molar-refractivity contribution in [2.75, 3.05) is 6.54 Å².